The zero-order chi connectivity index (χ0) is 13.5. The molecule has 2 N–H and O–H groups in total. The molecule has 0 bridgehead atoms. The zero-order valence-corrected chi connectivity index (χ0v) is 11.5. The Kier molecular flexibility index (Phi) is 6.36. The number of halogens is 2. The second-order valence-electron chi connectivity index (χ2n) is 5.34. The van der Waals surface area contributed by atoms with Crippen molar-refractivity contribution in [3.8, 4) is 0 Å². The molecule has 0 heterocycles. The summed E-state index contributed by atoms with van der Waals surface area (Å²) in [5.41, 5.74) is 0. The maximum Gasteiger partial charge on any atom is 0.255 e. The summed E-state index contributed by atoms with van der Waals surface area (Å²) >= 11 is 0. The fourth-order valence-electron chi connectivity index (χ4n) is 2.49. The van der Waals surface area contributed by atoms with Gasteiger partial charge in [0.15, 0.2) is 5.96 Å². The van der Waals surface area contributed by atoms with E-state index in [0.29, 0.717) is 12.0 Å². The van der Waals surface area contributed by atoms with Crippen LogP contribution in [0.25, 0.3) is 0 Å². The third kappa shape index (κ3) is 5.19. The van der Waals surface area contributed by atoms with Gasteiger partial charge in [-0.25, -0.2) is 8.78 Å². The predicted molar refractivity (Wildman–Crippen MR) is 71.1 cm³/mol. The number of aliphatic imine (C=N–C) groups is 1. The molecule has 1 fully saturated rings. The lowest BCUT2D eigenvalue weighted by atomic mass is 9.80. The Hall–Kier alpha value is -0.870. The highest BCUT2D eigenvalue weighted by Crippen LogP contribution is 2.29. The number of hydrogen-bond donors (Lipinski definition) is 2. The van der Waals surface area contributed by atoms with Crippen molar-refractivity contribution >= 4 is 5.96 Å². The summed E-state index contributed by atoms with van der Waals surface area (Å²) in [5.74, 6) is 2.03. The number of guanidine groups is 1. The molecule has 0 aromatic heterocycles. The Bertz CT molecular complexity index is 259. The first-order valence-corrected chi connectivity index (χ1v) is 6.78. The smallest absolute Gasteiger partial charge is 0.255 e. The molecule has 1 saturated carbocycles. The van der Waals surface area contributed by atoms with E-state index in [1.165, 1.54) is 12.8 Å². The van der Waals surface area contributed by atoms with E-state index in [9.17, 15) is 8.78 Å². The van der Waals surface area contributed by atoms with E-state index in [2.05, 4.69) is 29.5 Å². The summed E-state index contributed by atoms with van der Waals surface area (Å²) in [6.45, 7) is 4.18. The van der Waals surface area contributed by atoms with Gasteiger partial charge >= 0.3 is 0 Å². The van der Waals surface area contributed by atoms with E-state index in [1.54, 1.807) is 7.05 Å². The van der Waals surface area contributed by atoms with Crippen molar-refractivity contribution in [2.75, 3.05) is 13.6 Å². The molecule has 1 rings (SSSR count). The van der Waals surface area contributed by atoms with Crippen LogP contribution in [0.1, 0.15) is 39.5 Å². The van der Waals surface area contributed by atoms with Gasteiger partial charge in [0.05, 0.1) is 6.54 Å². The third-order valence-electron chi connectivity index (χ3n) is 3.70. The van der Waals surface area contributed by atoms with Crippen LogP contribution in [0, 0.1) is 11.8 Å². The van der Waals surface area contributed by atoms with Gasteiger partial charge in [0.1, 0.15) is 0 Å². The first-order valence-electron chi connectivity index (χ1n) is 6.78. The lowest BCUT2D eigenvalue weighted by Gasteiger charge is -2.32. The van der Waals surface area contributed by atoms with Crippen molar-refractivity contribution in [3.05, 3.63) is 0 Å². The summed E-state index contributed by atoms with van der Waals surface area (Å²) < 4.78 is 24.2. The van der Waals surface area contributed by atoms with Crippen LogP contribution in [-0.2, 0) is 0 Å². The minimum atomic E-state index is -2.35. The molecular weight excluding hydrogens is 236 g/mol. The Balaban J connectivity index is 2.30. The van der Waals surface area contributed by atoms with E-state index < -0.39 is 6.43 Å². The van der Waals surface area contributed by atoms with E-state index in [-0.39, 0.29) is 6.54 Å². The summed E-state index contributed by atoms with van der Waals surface area (Å²) in [7, 11) is 1.61. The van der Waals surface area contributed by atoms with Crippen LogP contribution in [0.2, 0.25) is 0 Å². The van der Waals surface area contributed by atoms with Crippen molar-refractivity contribution in [1.29, 1.82) is 0 Å². The number of rotatable bonds is 4. The van der Waals surface area contributed by atoms with Gasteiger partial charge in [0, 0.05) is 13.1 Å². The molecule has 0 saturated heterocycles. The molecule has 1 aliphatic rings. The first-order chi connectivity index (χ1) is 8.52. The van der Waals surface area contributed by atoms with Gasteiger partial charge in [-0.15, -0.1) is 0 Å². The molecule has 0 radical (unpaired) electrons. The molecule has 3 nitrogen and oxygen atoms in total. The van der Waals surface area contributed by atoms with E-state index in [4.69, 9.17) is 0 Å². The molecule has 0 spiro atoms. The predicted octanol–water partition coefficient (Wildman–Crippen LogP) is 2.63. The van der Waals surface area contributed by atoms with Crippen LogP contribution in [0.3, 0.4) is 0 Å². The summed E-state index contributed by atoms with van der Waals surface area (Å²) in [5, 5.41) is 5.87. The van der Waals surface area contributed by atoms with Gasteiger partial charge in [-0.2, -0.15) is 0 Å². The Morgan fingerprint density at radius 2 is 1.83 bits per heavy atom. The molecular formula is C13H25F2N3. The van der Waals surface area contributed by atoms with Gasteiger partial charge in [0.25, 0.3) is 6.43 Å². The lowest BCUT2D eigenvalue weighted by molar-refractivity contribution is 0.151. The SMILES string of the molecule is CN=C(NCC(F)F)NC1CCC(C(C)C)CC1. The van der Waals surface area contributed by atoms with Crippen LogP contribution in [0.5, 0.6) is 0 Å². The van der Waals surface area contributed by atoms with Gasteiger partial charge in [-0.3, -0.25) is 4.99 Å². The Labute approximate surface area is 108 Å². The molecule has 0 atom stereocenters. The number of nitrogens with one attached hydrogen (secondary N) is 2. The van der Waals surface area contributed by atoms with Gasteiger partial charge in [-0.05, 0) is 37.5 Å². The summed E-state index contributed by atoms with van der Waals surface area (Å²) in [6.07, 6.45) is 2.26. The molecule has 0 amide bonds. The number of alkyl halides is 2. The minimum absolute atomic E-state index is 0.346. The number of nitrogens with zero attached hydrogens (tertiary/aromatic N) is 1. The first kappa shape index (κ1) is 15.2. The average Bonchev–Trinajstić information content (AvgIpc) is 2.34. The second-order valence-corrected chi connectivity index (χ2v) is 5.34. The molecule has 0 aromatic rings. The fourth-order valence-corrected chi connectivity index (χ4v) is 2.49. The number of hydrogen-bond acceptors (Lipinski definition) is 1. The van der Waals surface area contributed by atoms with Crippen LogP contribution in [-0.4, -0.2) is 32.0 Å². The Morgan fingerprint density at radius 3 is 2.28 bits per heavy atom. The molecule has 0 aliphatic heterocycles. The molecule has 5 heteroatoms. The van der Waals surface area contributed by atoms with Crippen LogP contribution < -0.4 is 10.6 Å². The highest BCUT2D eigenvalue weighted by atomic mass is 19.3. The van der Waals surface area contributed by atoms with Crippen molar-refractivity contribution in [1.82, 2.24) is 10.6 Å². The zero-order valence-electron chi connectivity index (χ0n) is 11.5. The maximum atomic E-state index is 12.1. The highest BCUT2D eigenvalue weighted by Gasteiger charge is 2.23. The Morgan fingerprint density at radius 1 is 1.22 bits per heavy atom. The standard InChI is InChI=1S/C13H25F2N3/c1-9(2)10-4-6-11(7-5-10)18-13(16-3)17-8-12(14)15/h9-12H,4-8H2,1-3H3,(H2,16,17,18). The summed E-state index contributed by atoms with van der Waals surface area (Å²) in [6, 6.07) is 0.365. The second kappa shape index (κ2) is 7.54. The molecule has 0 unspecified atom stereocenters. The maximum absolute atomic E-state index is 12.1. The minimum Gasteiger partial charge on any atom is -0.354 e. The fraction of sp³-hybridized carbons (Fsp3) is 0.923. The average molecular weight is 261 g/mol. The highest BCUT2D eigenvalue weighted by molar-refractivity contribution is 5.79. The molecule has 0 aromatic carbocycles. The van der Waals surface area contributed by atoms with Crippen LogP contribution in [0.15, 0.2) is 4.99 Å². The third-order valence-corrected chi connectivity index (χ3v) is 3.70. The van der Waals surface area contributed by atoms with Crippen molar-refractivity contribution in [2.24, 2.45) is 16.8 Å². The lowest BCUT2D eigenvalue weighted by Crippen LogP contribution is -2.46. The van der Waals surface area contributed by atoms with Crippen LogP contribution in [0.4, 0.5) is 8.78 Å². The van der Waals surface area contributed by atoms with Gasteiger partial charge in [-0.1, -0.05) is 13.8 Å². The van der Waals surface area contributed by atoms with Crippen LogP contribution >= 0.6 is 0 Å². The molecule has 1 aliphatic carbocycles. The van der Waals surface area contributed by atoms with Crippen molar-refractivity contribution in [3.63, 3.8) is 0 Å². The van der Waals surface area contributed by atoms with Crippen molar-refractivity contribution in [2.45, 2.75) is 52.0 Å². The summed E-state index contributed by atoms with van der Waals surface area (Å²) in [4.78, 5) is 3.97. The van der Waals surface area contributed by atoms with Gasteiger partial charge in [0.2, 0.25) is 0 Å². The molecule has 106 valence electrons. The van der Waals surface area contributed by atoms with E-state index >= 15 is 0 Å². The van der Waals surface area contributed by atoms with E-state index in [0.717, 1.165) is 24.7 Å². The topological polar surface area (TPSA) is 36.4 Å². The monoisotopic (exact) mass is 261 g/mol. The van der Waals surface area contributed by atoms with E-state index in [1.807, 2.05) is 0 Å². The quantitative estimate of drug-likeness (QED) is 0.603. The van der Waals surface area contributed by atoms with Crippen molar-refractivity contribution < 1.29 is 8.78 Å². The molecule has 18 heavy (non-hydrogen) atoms. The largest absolute Gasteiger partial charge is 0.354 e. The van der Waals surface area contributed by atoms with Gasteiger partial charge < -0.3 is 10.6 Å². The normalized spacial score (nSPS) is 25.6.